The molecule has 0 spiro atoms. The summed E-state index contributed by atoms with van der Waals surface area (Å²) in [6.45, 7) is 3.24. The molecule has 2 fully saturated rings. The predicted molar refractivity (Wildman–Crippen MR) is 62.9 cm³/mol. The van der Waals surface area contributed by atoms with Crippen LogP contribution in [0.1, 0.15) is 38.5 Å². The number of hydrogen-bond donors (Lipinski definition) is 1. The summed E-state index contributed by atoms with van der Waals surface area (Å²) in [5.41, 5.74) is 0. The minimum Gasteiger partial charge on any atom is -0.381 e. The molecule has 0 aromatic carbocycles. The molecule has 15 heavy (non-hydrogen) atoms. The molecule has 2 aliphatic rings. The first kappa shape index (κ1) is 11.4. The van der Waals surface area contributed by atoms with Crippen LogP contribution >= 0.6 is 0 Å². The van der Waals surface area contributed by atoms with Crippen LogP contribution in [0.25, 0.3) is 0 Å². The maximum Gasteiger partial charge on any atom is 0.0468 e. The molecule has 1 N–H and O–H groups in total. The maximum atomic E-state index is 5.47. The summed E-state index contributed by atoms with van der Waals surface area (Å²) in [5, 5.41) is 3.38. The molecule has 0 amide bonds. The topological polar surface area (TPSA) is 21.3 Å². The van der Waals surface area contributed by atoms with E-state index in [0.717, 1.165) is 31.0 Å². The van der Waals surface area contributed by atoms with Crippen molar-refractivity contribution in [2.24, 2.45) is 17.8 Å². The Hall–Kier alpha value is -0.0800. The van der Waals surface area contributed by atoms with Gasteiger partial charge >= 0.3 is 0 Å². The van der Waals surface area contributed by atoms with E-state index in [1.54, 1.807) is 0 Å². The summed E-state index contributed by atoms with van der Waals surface area (Å²) < 4.78 is 5.47. The lowest BCUT2D eigenvalue weighted by molar-refractivity contribution is 0.0235. The molecule has 0 bridgehead atoms. The standard InChI is InChI=1S/C13H25NO/c1-14-10-12-4-2-3-5-13(12)11-6-8-15-9-7-11/h11-14H,2-10H2,1H3. The second-order valence-corrected chi connectivity index (χ2v) is 5.22. The van der Waals surface area contributed by atoms with Gasteiger partial charge in [0.05, 0.1) is 0 Å². The van der Waals surface area contributed by atoms with Gasteiger partial charge in [0.2, 0.25) is 0 Å². The Morgan fingerprint density at radius 3 is 2.53 bits per heavy atom. The van der Waals surface area contributed by atoms with E-state index in [-0.39, 0.29) is 0 Å². The fraction of sp³-hybridized carbons (Fsp3) is 1.00. The highest BCUT2D eigenvalue weighted by Crippen LogP contribution is 2.38. The summed E-state index contributed by atoms with van der Waals surface area (Å²) in [5.74, 6) is 2.87. The zero-order valence-corrected chi connectivity index (χ0v) is 10.0. The number of nitrogens with one attached hydrogen (secondary N) is 1. The van der Waals surface area contributed by atoms with Gasteiger partial charge in [-0.15, -0.1) is 0 Å². The number of ether oxygens (including phenoxy) is 1. The minimum atomic E-state index is 0.937. The first-order chi connectivity index (χ1) is 7.42. The van der Waals surface area contributed by atoms with Crippen molar-refractivity contribution < 1.29 is 4.74 Å². The van der Waals surface area contributed by atoms with Gasteiger partial charge in [-0.3, -0.25) is 0 Å². The molecule has 0 radical (unpaired) electrons. The Kier molecular flexibility index (Phi) is 4.45. The normalized spacial score (nSPS) is 34.2. The predicted octanol–water partition coefficient (Wildman–Crippen LogP) is 2.44. The van der Waals surface area contributed by atoms with Crippen LogP contribution in [0.5, 0.6) is 0 Å². The molecule has 1 heterocycles. The highest BCUT2D eigenvalue weighted by molar-refractivity contribution is 4.83. The maximum absolute atomic E-state index is 5.47. The van der Waals surface area contributed by atoms with Crippen LogP contribution in [0.4, 0.5) is 0 Å². The molecule has 2 unspecified atom stereocenters. The SMILES string of the molecule is CNCC1CCCCC1C1CCOCC1. The molecule has 1 aliphatic heterocycles. The van der Waals surface area contributed by atoms with Gasteiger partial charge in [0, 0.05) is 13.2 Å². The summed E-state index contributed by atoms with van der Waals surface area (Å²) in [7, 11) is 2.09. The lowest BCUT2D eigenvalue weighted by atomic mass is 9.70. The lowest BCUT2D eigenvalue weighted by Crippen LogP contribution is -2.35. The van der Waals surface area contributed by atoms with E-state index in [2.05, 4.69) is 12.4 Å². The van der Waals surface area contributed by atoms with Crippen molar-refractivity contribution in [2.75, 3.05) is 26.8 Å². The van der Waals surface area contributed by atoms with Crippen molar-refractivity contribution in [2.45, 2.75) is 38.5 Å². The Morgan fingerprint density at radius 2 is 1.80 bits per heavy atom. The van der Waals surface area contributed by atoms with Gasteiger partial charge in [-0.05, 0) is 57.0 Å². The highest BCUT2D eigenvalue weighted by atomic mass is 16.5. The van der Waals surface area contributed by atoms with E-state index < -0.39 is 0 Å². The Morgan fingerprint density at radius 1 is 1.07 bits per heavy atom. The van der Waals surface area contributed by atoms with Crippen LogP contribution in [0.15, 0.2) is 0 Å². The third-order valence-electron chi connectivity index (χ3n) is 4.31. The van der Waals surface area contributed by atoms with E-state index in [9.17, 15) is 0 Å². The van der Waals surface area contributed by atoms with Crippen LogP contribution in [0, 0.1) is 17.8 Å². The van der Waals surface area contributed by atoms with Crippen LogP contribution in [0.2, 0.25) is 0 Å². The highest BCUT2D eigenvalue weighted by Gasteiger charge is 2.32. The second-order valence-electron chi connectivity index (χ2n) is 5.22. The van der Waals surface area contributed by atoms with Crippen LogP contribution in [0.3, 0.4) is 0 Å². The molecular weight excluding hydrogens is 186 g/mol. The largest absolute Gasteiger partial charge is 0.381 e. The van der Waals surface area contributed by atoms with Crippen LogP contribution in [-0.4, -0.2) is 26.8 Å². The summed E-state index contributed by atoms with van der Waals surface area (Å²) in [6, 6.07) is 0. The lowest BCUT2D eigenvalue weighted by Gasteiger charge is -2.39. The molecule has 2 rings (SSSR count). The van der Waals surface area contributed by atoms with Crippen LogP contribution in [-0.2, 0) is 4.74 Å². The monoisotopic (exact) mass is 211 g/mol. The van der Waals surface area contributed by atoms with Crippen molar-refractivity contribution in [1.29, 1.82) is 0 Å². The molecule has 1 saturated carbocycles. The summed E-state index contributed by atoms with van der Waals surface area (Å²) in [4.78, 5) is 0. The van der Waals surface area contributed by atoms with Gasteiger partial charge in [0.15, 0.2) is 0 Å². The Bertz CT molecular complexity index is 165. The van der Waals surface area contributed by atoms with Gasteiger partial charge in [-0.25, -0.2) is 0 Å². The average molecular weight is 211 g/mol. The van der Waals surface area contributed by atoms with Crippen molar-refractivity contribution in [3.8, 4) is 0 Å². The smallest absolute Gasteiger partial charge is 0.0468 e. The molecule has 0 aromatic rings. The number of rotatable bonds is 3. The van der Waals surface area contributed by atoms with E-state index in [1.165, 1.54) is 45.1 Å². The van der Waals surface area contributed by atoms with Gasteiger partial charge < -0.3 is 10.1 Å². The minimum absolute atomic E-state index is 0.937. The van der Waals surface area contributed by atoms with Crippen molar-refractivity contribution >= 4 is 0 Å². The zero-order valence-electron chi connectivity index (χ0n) is 10.0. The molecule has 2 nitrogen and oxygen atoms in total. The van der Waals surface area contributed by atoms with E-state index in [4.69, 9.17) is 4.74 Å². The van der Waals surface area contributed by atoms with Crippen molar-refractivity contribution in [1.82, 2.24) is 5.32 Å². The van der Waals surface area contributed by atoms with Crippen molar-refractivity contribution in [3.05, 3.63) is 0 Å². The molecular formula is C13H25NO. The van der Waals surface area contributed by atoms with Gasteiger partial charge in [0.25, 0.3) is 0 Å². The second kappa shape index (κ2) is 5.86. The fourth-order valence-electron chi connectivity index (χ4n) is 3.52. The van der Waals surface area contributed by atoms with Crippen LogP contribution < -0.4 is 5.32 Å². The average Bonchev–Trinajstić information content (AvgIpc) is 2.31. The molecule has 2 heteroatoms. The molecule has 0 aromatic heterocycles. The van der Waals surface area contributed by atoms with E-state index in [0.29, 0.717) is 0 Å². The molecule has 2 atom stereocenters. The summed E-state index contributed by atoms with van der Waals surface area (Å²) in [6.07, 6.45) is 8.45. The number of hydrogen-bond acceptors (Lipinski definition) is 2. The first-order valence-corrected chi connectivity index (χ1v) is 6.64. The zero-order chi connectivity index (χ0) is 10.5. The third kappa shape index (κ3) is 2.94. The molecule has 88 valence electrons. The van der Waals surface area contributed by atoms with Gasteiger partial charge in [-0.1, -0.05) is 12.8 Å². The molecule has 1 aliphatic carbocycles. The molecule has 1 saturated heterocycles. The fourth-order valence-corrected chi connectivity index (χ4v) is 3.52. The van der Waals surface area contributed by atoms with E-state index in [1.807, 2.05) is 0 Å². The third-order valence-corrected chi connectivity index (χ3v) is 4.31. The first-order valence-electron chi connectivity index (χ1n) is 6.64. The summed E-state index contributed by atoms with van der Waals surface area (Å²) >= 11 is 0. The Balaban J connectivity index is 1.90. The van der Waals surface area contributed by atoms with Crippen molar-refractivity contribution in [3.63, 3.8) is 0 Å². The van der Waals surface area contributed by atoms with Gasteiger partial charge in [0.1, 0.15) is 0 Å². The van der Waals surface area contributed by atoms with Gasteiger partial charge in [-0.2, -0.15) is 0 Å². The Labute approximate surface area is 93.8 Å². The quantitative estimate of drug-likeness (QED) is 0.774. The van der Waals surface area contributed by atoms with E-state index >= 15 is 0 Å².